The molecule has 1 aliphatic heterocycles. The van der Waals surface area contributed by atoms with Crippen molar-refractivity contribution >= 4 is 17.7 Å². The van der Waals surface area contributed by atoms with Crippen LogP contribution < -0.4 is 5.32 Å². The number of nitrogens with zero attached hydrogens (tertiary/aromatic N) is 1. The van der Waals surface area contributed by atoms with Crippen LogP contribution >= 0.6 is 11.8 Å². The summed E-state index contributed by atoms with van der Waals surface area (Å²) in [5.74, 6) is 1.89. The van der Waals surface area contributed by atoms with Crippen LogP contribution in [0.2, 0.25) is 0 Å². The van der Waals surface area contributed by atoms with Gasteiger partial charge in [0.05, 0.1) is 0 Å². The number of carbonyl (C=O) groups is 1. The van der Waals surface area contributed by atoms with Gasteiger partial charge in [-0.3, -0.25) is 9.64 Å². The van der Waals surface area contributed by atoms with Crippen molar-refractivity contribution in [2.45, 2.75) is 56.5 Å². The molecule has 4 heteroatoms. The highest BCUT2D eigenvalue weighted by Gasteiger charge is 2.47. The van der Waals surface area contributed by atoms with Gasteiger partial charge in [0.1, 0.15) is 0 Å². The van der Waals surface area contributed by atoms with Crippen molar-refractivity contribution in [2.75, 3.05) is 11.5 Å². The van der Waals surface area contributed by atoms with Crippen molar-refractivity contribution in [1.82, 2.24) is 5.32 Å². The van der Waals surface area contributed by atoms with E-state index in [4.69, 9.17) is 6.57 Å². The van der Waals surface area contributed by atoms with Crippen LogP contribution in [0.25, 0.3) is 4.85 Å². The Morgan fingerprint density at radius 1 is 1.24 bits per heavy atom. The smallest absolute Gasteiger partial charge is 0.310 e. The van der Waals surface area contributed by atoms with Crippen molar-refractivity contribution in [2.24, 2.45) is 0 Å². The third-order valence-electron chi connectivity index (χ3n) is 3.90. The van der Waals surface area contributed by atoms with Gasteiger partial charge in [-0.2, -0.15) is 11.8 Å². The Labute approximate surface area is 108 Å². The first-order valence-corrected chi connectivity index (χ1v) is 7.70. The Balaban J connectivity index is 1.94. The minimum absolute atomic E-state index is 0.000278. The lowest BCUT2D eigenvalue weighted by molar-refractivity contribution is -0.126. The molecule has 0 aromatic carbocycles. The largest absolute Gasteiger partial charge is 0.346 e. The Morgan fingerprint density at radius 3 is 2.47 bits per heavy atom. The number of hydrogen-bond acceptors (Lipinski definition) is 2. The molecule has 0 bridgehead atoms. The van der Waals surface area contributed by atoms with Crippen molar-refractivity contribution < 1.29 is 4.79 Å². The summed E-state index contributed by atoms with van der Waals surface area (Å²) >= 11 is 1.85. The molecule has 94 valence electrons. The van der Waals surface area contributed by atoms with E-state index in [1.165, 1.54) is 19.3 Å². The normalized spacial score (nSPS) is 24.9. The van der Waals surface area contributed by atoms with E-state index in [0.717, 1.165) is 37.2 Å². The second-order valence-electron chi connectivity index (χ2n) is 5.06. The molecule has 1 aliphatic carbocycles. The van der Waals surface area contributed by atoms with Crippen LogP contribution in [-0.4, -0.2) is 29.0 Å². The molecule has 0 aromatic rings. The van der Waals surface area contributed by atoms with E-state index in [1.807, 2.05) is 11.8 Å². The lowest BCUT2D eigenvalue weighted by Crippen LogP contribution is -2.50. The summed E-state index contributed by atoms with van der Waals surface area (Å²) in [7, 11) is 0. The molecule has 3 nitrogen and oxygen atoms in total. The number of nitrogens with one attached hydrogen (secondary N) is 1. The van der Waals surface area contributed by atoms with Crippen molar-refractivity contribution in [3.8, 4) is 0 Å². The highest BCUT2D eigenvalue weighted by atomic mass is 32.2. The molecule has 2 aliphatic rings. The Kier molecular flexibility index (Phi) is 4.33. The van der Waals surface area contributed by atoms with E-state index in [-0.39, 0.29) is 5.91 Å². The Bertz CT molecular complexity index is 312. The first kappa shape index (κ1) is 12.8. The van der Waals surface area contributed by atoms with E-state index >= 15 is 0 Å². The average Bonchev–Trinajstić information content (AvgIpc) is 2.40. The van der Waals surface area contributed by atoms with Crippen LogP contribution in [0.1, 0.15) is 44.9 Å². The first-order chi connectivity index (χ1) is 8.27. The molecule has 0 spiro atoms. The summed E-state index contributed by atoms with van der Waals surface area (Å²) in [4.78, 5) is 16.0. The molecule has 1 saturated carbocycles. The van der Waals surface area contributed by atoms with E-state index in [9.17, 15) is 4.79 Å². The molecule has 2 rings (SSSR count). The topological polar surface area (TPSA) is 33.5 Å². The summed E-state index contributed by atoms with van der Waals surface area (Å²) in [6.07, 6.45) is 7.34. The van der Waals surface area contributed by atoms with Crippen LogP contribution in [0.4, 0.5) is 0 Å². The van der Waals surface area contributed by atoms with Gasteiger partial charge in [0.25, 0.3) is 0 Å². The summed E-state index contributed by atoms with van der Waals surface area (Å²) in [6.45, 7) is 7.35. The van der Waals surface area contributed by atoms with Gasteiger partial charge in [0.2, 0.25) is 0 Å². The third-order valence-corrected chi connectivity index (χ3v) is 4.88. The van der Waals surface area contributed by atoms with E-state index in [1.54, 1.807) is 0 Å². The second kappa shape index (κ2) is 5.77. The fourth-order valence-electron chi connectivity index (χ4n) is 2.67. The molecule has 0 aromatic heterocycles. The standard InChI is InChI=1S/C13H20N2OS/c1-14-13(7-9-17-10-8-13)12(16)15-11-5-3-2-4-6-11/h11H,2-10H2,(H,15,16). The lowest BCUT2D eigenvalue weighted by atomic mass is 9.90. The maximum Gasteiger partial charge on any atom is 0.310 e. The van der Waals surface area contributed by atoms with Gasteiger partial charge in [-0.15, -0.1) is 0 Å². The van der Waals surface area contributed by atoms with Crippen LogP contribution in [0.5, 0.6) is 0 Å². The van der Waals surface area contributed by atoms with Gasteiger partial charge in [-0.25, -0.2) is 6.57 Å². The third kappa shape index (κ3) is 2.95. The summed E-state index contributed by atoms with van der Waals surface area (Å²) in [5.41, 5.74) is -0.747. The molecule has 1 saturated heterocycles. The Morgan fingerprint density at radius 2 is 1.88 bits per heavy atom. The minimum atomic E-state index is -0.747. The van der Waals surface area contributed by atoms with Crippen molar-refractivity contribution in [1.29, 1.82) is 0 Å². The van der Waals surface area contributed by atoms with Gasteiger partial charge in [0.15, 0.2) is 0 Å². The molecule has 1 heterocycles. The zero-order valence-corrected chi connectivity index (χ0v) is 11.0. The monoisotopic (exact) mass is 252 g/mol. The number of thioether (sulfide) groups is 1. The summed E-state index contributed by atoms with van der Waals surface area (Å²) < 4.78 is 0. The van der Waals surface area contributed by atoms with E-state index in [0.29, 0.717) is 6.04 Å². The molecule has 0 unspecified atom stereocenters. The average molecular weight is 252 g/mol. The fraction of sp³-hybridized carbons (Fsp3) is 0.846. The molecule has 0 atom stereocenters. The predicted octanol–water partition coefficient (Wildman–Crippen LogP) is 2.62. The van der Waals surface area contributed by atoms with Gasteiger partial charge in [-0.1, -0.05) is 19.3 Å². The van der Waals surface area contributed by atoms with Crippen LogP contribution in [-0.2, 0) is 4.79 Å². The Hall–Kier alpha value is -0.690. The first-order valence-electron chi connectivity index (χ1n) is 6.54. The predicted molar refractivity (Wildman–Crippen MR) is 70.9 cm³/mol. The maximum atomic E-state index is 12.3. The molecular weight excluding hydrogens is 232 g/mol. The number of rotatable bonds is 2. The van der Waals surface area contributed by atoms with E-state index < -0.39 is 5.54 Å². The lowest BCUT2D eigenvalue weighted by Gasteiger charge is -2.29. The van der Waals surface area contributed by atoms with Crippen LogP contribution in [0.3, 0.4) is 0 Å². The summed E-state index contributed by atoms with van der Waals surface area (Å²) in [6, 6.07) is 0.324. The SMILES string of the molecule is [C-]#[N+]C1(C(=O)NC2CCCCC2)CCSCC1. The summed E-state index contributed by atoms with van der Waals surface area (Å²) in [5, 5.41) is 3.12. The minimum Gasteiger partial charge on any atom is -0.346 e. The molecular formula is C13H20N2OS. The fourth-order valence-corrected chi connectivity index (χ4v) is 3.83. The quantitative estimate of drug-likeness (QED) is 0.766. The van der Waals surface area contributed by atoms with Gasteiger partial charge in [-0.05, 0) is 12.8 Å². The second-order valence-corrected chi connectivity index (χ2v) is 6.29. The molecule has 1 amide bonds. The molecule has 2 fully saturated rings. The number of carbonyl (C=O) groups excluding carboxylic acids is 1. The van der Waals surface area contributed by atoms with E-state index in [2.05, 4.69) is 10.2 Å². The van der Waals surface area contributed by atoms with Crippen LogP contribution in [0.15, 0.2) is 0 Å². The van der Waals surface area contributed by atoms with Crippen LogP contribution in [0, 0.1) is 6.57 Å². The van der Waals surface area contributed by atoms with Crippen molar-refractivity contribution in [3.63, 3.8) is 0 Å². The molecule has 1 N–H and O–H groups in total. The molecule has 0 radical (unpaired) electrons. The van der Waals surface area contributed by atoms with Gasteiger partial charge >= 0.3 is 11.4 Å². The van der Waals surface area contributed by atoms with Gasteiger partial charge < -0.3 is 5.32 Å². The van der Waals surface area contributed by atoms with Crippen molar-refractivity contribution in [3.05, 3.63) is 11.4 Å². The zero-order chi connectivity index (χ0) is 12.1. The number of hydrogen-bond donors (Lipinski definition) is 1. The highest BCUT2D eigenvalue weighted by molar-refractivity contribution is 7.99. The zero-order valence-electron chi connectivity index (χ0n) is 10.2. The highest BCUT2D eigenvalue weighted by Crippen LogP contribution is 2.31. The molecule has 17 heavy (non-hydrogen) atoms. The maximum absolute atomic E-state index is 12.3. The van der Waals surface area contributed by atoms with Gasteiger partial charge in [0, 0.05) is 30.4 Å². The number of amides is 1.